The number of aliphatic hydroxyl groups is 2. The Morgan fingerprint density at radius 1 is 1.03 bits per heavy atom. The molecule has 37 heavy (non-hydrogen) atoms. The molecule has 0 amide bonds. The second-order valence-corrected chi connectivity index (χ2v) is 11.0. The molecule has 0 aliphatic carbocycles. The van der Waals surface area contributed by atoms with Gasteiger partial charge in [-0.2, -0.15) is 0 Å². The third-order valence-corrected chi connectivity index (χ3v) is 7.53. The monoisotopic (exact) mass is 514 g/mol. The van der Waals surface area contributed by atoms with Gasteiger partial charge in [-0.05, 0) is 51.4 Å². The van der Waals surface area contributed by atoms with E-state index in [-0.39, 0.29) is 31.2 Å². The SMILES string of the molecule is C=C1CC(C)CC2CC=CC(C/C=C\C(=O)O[C@@H]3C[C@H](O[C@@H]3/C=C/C3CC(C)=CCO3)[C@H](O)C(O)C1)O2. The first-order valence-electron chi connectivity index (χ1n) is 13.6. The molecule has 4 bridgehead atoms. The molecule has 9 atom stereocenters. The van der Waals surface area contributed by atoms with Crippen LogP contribution in [-0.4, -0.2) is 71.6 Å². The summed E-state index contributed by atoms with van der Waals surface area (Å²) >= 11 is 0. The lowest BCUT2D eigenvalue weighted by atomic mass is 9.90. The normalized spacial score (nSPS) is 41.1. The standard InChI is InChI=1S/C30H42O7/c1-19-12-13-34-23(15-19)10-11-26-27-18-28(36-26)30(33)25(31)17-21(3)14-20(2)16-24-8-4-6-22(35-24)7-5-9-29(32)37-27/h4-6,9-12,20,22-28,30-31,33H,3,7-8,13-18H2,1-2H3/b9-5-,11-10+/t20?,22?,23?,24?,25?,26-,27-,28+,30-/m1/s1. The number of hydrogen-bond acceptors (Lipinski definition) is 7. The first-order valence-corrected chi connectivity index (χ1v) is 13.6. The third-order valence-electron chi connectivity index (χ3n) is 7.53. The van der Waals surface area contributed by atoms with Gasteiger partial charge in [0, 0.05) is 12.5 Å². The summed E-state index contributed by atoms with van der Waals surface area (Å²) in [6.07, 6.45) is 13.7. The average molecular weight is 515 g/mol. The molecule has 0 saturated carbocycles. The van der Waals surface area contributed by atoms with Gasteiger partial charge in [0.1, 0.15) is 18.3 Å². The Morgan fingerprint density at radius 3 is 2.68 bits per heavy atom. The van der Waals surface area contributed by atoms with E-state index in [4.69, 9.17) is 18.9 Å². The highest BCUT2D eigenvalue weighted by atomic mass is 16.6. The van der Waals surface area contributed by atoms with Gasteiger partial charge in [-0.1, -0.05) is 61.1 Å². The summed E-state index contributed by atoms with van der Waals surface area (Å²) in [5.74, 6) is -0.129. The zero-order chi connectivity index (χ0) is 26.4. The minimum atomic E-state index is -1.12. The first kappa shape index (κ1) is 28.0. The molecule has 1 fully saturated rings. The van der Waals surface area contributed by atoms with Crippen LogP contribution in [0.3, 0.4) is 0 Å². The quantitative estimate of drug-likeness (QED) is 0.423. The van der Waals surface area contributed by atoms with Crippen LogP contribution in [0.25, 0.3) is 0 Å². The van der Waals surface area contributed by atoms with Crippen molar-refractivity contribution < 1.29 is 34.0 Å². The van der Waals surface area contributed by atoms with E-state index in [1.54, 1.807) is 6.08 Å². The van der Waals surface area contributed by atoms with Gasteiger partial charge >= 0.3 is 5.97 Å². The molecule has 1 saturated heterocycles. The lowest BCUT2D eigenvalue weighted by molar-refractivity contribution is -0.144. The topological polar surface area (TPSA) is 94.5 Å². The van der Waals surface area contributed by atoms with Crippen LogP contribution in [-0.2, 0) is 23.7 Å². The van der Waals surface area contributed by atoms with Crippen molar-refractivity contribution in [2.24, 2.45) is 5.92 Å². The maximum atomic E-state index is 12.7. The number of aliphatic hydroxyl groups excluding tert-OH is 2. The van der Waals surface area contributed by atoms with Crippen molar-refractivity contribution in [1.29, 1.82) is 0 Å². The maximum Gasteiger partial charge on any atom is 0.330 e. The molecule has 4 heterocycles. The smallest absolute Gasteiger partial charge is 0.330 e. The lowest BCUT2D eigenvalue weighted by Gasteiger charge is -2.28. The second-order valence-electron chi connectivity index (χ2n) is 11.0. The summed E-state index contributed by atoms with van der Waals surface area (Å²) in [6, 6.07) is 0. The number of esters is 1. The van der Waals surface area contributed by atoms with Crippen LogP contribution >= 0.6 is 0 Å². The van der Waals surface area contributed by atoms with E-state index < -0.39 is 36.5 Å². The number of carbonyl (C=O) groups excluding carboxylic acids is 1. The molecule has 0 aromatic heterocycles. The van der Waals surface area contributed by atoms with E-state index in [2.05, 4.69) is 32.6 Å². The van der Waals surface area contributed by atoms with E-state index in [1.807, 2.05) is 18.2 Å². The Hall–Kier alpha value is -2.03. The summed E-state index contributed by atoms with van der Waals surface area (Å²) in [6.45, 7) is 8.95. The molecule has 4 aliphatic heterocycles. The van der Waals surface area contributed by atoms with Crippen LogP contribution in [0, 0.1) is 5.92 Å². The predicted molar refractivity (Wildman–Crippen MR) is 141 cm³/mol. The van der Waals surface area contributed by atoms with E-state index in [9.17, 15) is 15.0 Å². The zero-order valence-electron chi connectivity index (χ0n) is 22.0. The molecule has 7 nitrogen and oxygen atoms in total. The minimum absolute atomic E-state index is 0.0723. The van der Waals surface area contributed by atoms with Gasteiger partial charge in [-0.15, -0.1) is 0 Å². The molecule has 0 aromatic carbocycles. The van der Waals surface area contributed by atoms with E-state index in [0.717, 1.165) is 31.3 Å². The molecule has 4 aliphatic rings. The fourth-order valence-electron chi connectivity index (χ4n) is 5.62. The van der Waals surface area contributed by atoms with Crippen molar-refractivity contribution in [2.75, 3.05) is 6.61 Å². The molecule has 0 radical (unpaired) electrons. The lowest BCUT2D eigenvalue weighted by Crippen LogP contribution is -2.37. The van der Waals surface area contributed by atoms with Crippen molar-refractivity contribution in [2.45, 2.75) is 108 Å². The van der Waals surface area contributed by atoms with Crippen LogP contribution in [0.1, 0.15) is 58.8 Å². The zero-order valence-corrected chi connectivity index (χ0v) is 22.0. The van der Waals surface area contributed by atoms with E-state index in [1.165, 1.54) is 11.6 Å². The van der Waals surface area contributed by atoms with Crippen LogP contribution in [0.15, 0.2) is 60.3 Å². The Bertz CT molecular complexity index is 919. The molecule has 2 N–H and O–H groups in total. The number of ether oxygens (including phenoxy) is 4. The number of fused-ring (bicyclic) bond motifs is 4. The highest BCUT2D eigenvalue weighted by molar-refractivity contribution is 5.82. The van der Waals surface area contributed by atoms with Crippen LogP contribution < -0.4 is 0 Å². The third kappa shape index (κ3) is 8.23. The van der Waals surface area contributed by atoms with Gasteiger partial charge in [0.05, 0.1) is 37.1 Å². The molecular weight excluding hydrogens is 472 g/mol. The van der Waals surface area contributed by atoms with Crippen LogP contribution in [0.5, 0.6) is 0 Å². The number of carbonyl (C=O) groups is 1. The van der Waals surface area contributed by atoms with E-state index >= 15 is 0 Å². The first-order chi connectivity index (χ1) is 17.8. The summed E-state index contributed by atoms with van der Waals surface area (Å²) in [4.78, 5) is 12.7. The highest BCUT2D eigenvalue weighted by Gasteiger charge is 2.42. The van der Waals surface area contributed by atoms with E-state index in [0.29, 0.717) is 18.9 Å². The van der Waals surface area contributed by atoms with Crippen molar-refractivity contribution >= 4 is 5.97 Å². The summed E-state index contributed by atoms with van der Waals surface area (Å²) in [5.41, 5.74) is 2.15. The molecule has 0 spiro atoms. The van der Waals surface area contributed by atoms with Crippen LogP contribution in [0.4, 0.5) is 0 Å². The van der Waals surface area contributed by atoms with Gasteiger partial charge in [-0.3, -0.25) is 0 Å². The molecular formula is C30H42O7. The summed E-state index contributed by atoms with van der Waals surface area (Å²) in [7, 11) is 0. The van der Waals surface area contributed by atoms with Crippen molar-refractivity contribution in [3.8, 4) is 0 Å². The molecule has 5 unspecified atom stereocenters. The Kier molecular flexibility index (Phi) is 9.96. The molecule has 0 aromatic rings. The maximum absolute atomic E-state index is 12.7. The second kappa shape index (κ2) is 13.2. The summed E-state index contributed by atoms with van der Waals surface area (Å²) < 4.78 is 23.9. The van der Waals surface area contributed by atoms with Crippen molar-refractivity contribution in [1.82, 2.24) is 0 Å². The highest BCUT2D eigenvalue weighted by Crippen LogP contribution is 2.31. The fraction of sp³-hybridized carbons (Fsp3) is 0.633. The fourth-order valence-corrected chi connectivity index (χ4v) is 5.62. The largest absolute Gasteiger partial charge is 0.456 e. The average Bonchev–Trinajstić information content (AvgIpc) is 3.24. The van der Waals surface area contributed by atoms with Gasteiger partial charge in [-0.25, -0.2) is 4.79 Å². The Morgan fingerprint density at radius 2 is 1.86 bits per heavy atom. The molecule has 4 rings (SSSR count). The van der Waals surface area contributed by atoms with Gasteiger partial charge < -0.3 is 29.2 Å². The van der Waals surface area contributed by atoms with Crippen LogP contribution in [0.2, 0.25) is 0 Å². The molecule has 204 valence electrons. The Labute approximate surface area is 220 Å². The van der Waals surface area contributed by atoms with Gasteiger partial charge in [0.15, 0.2) is 0 Å². The summed E-state index contributed by atoms with van der Waals surface area (Å²) in [5, 5.41) is 21.7. The van der Waals surface area contributed by atoms with Gasteiger partial charge in [0.25, 0.3) is 0 Å². The van der Waals surface area contributed by atoms with Crippen molar-refractivity contribution in [3.05, 3.63) is 60.3 Å². The predicted octanol–water partition coefficient (Wildman–Crippen LogP) is 4.11. The Balaban J connectivity index is 1.49. The van der Waals surface area contributed by atoms with Crippen molar-refractivity contribution in [3.63, 3.8) is 0 Å². The number of hydrogen-bond donors (Lipinski definition) is 2. The molecule has 7 heteroatoms. The number of rotatable bonds is 2. The van der Waals surface area contributed by atoms with Gasteiger partial charge in [0.2, 0.25) is 0 Å². The minimum Gasteiger partial charge on any atom is -0.456 e.